The van der Waals surface area contributed by atoms with E-state index >= 15 is 0 Å². The Labute approximate surface area is 168 Å². The number of aromatic nitrogens is 2. The summed E-state index contributed by atoms with van der Waals surface area (Å²) < 4.78 is 19.5. The third-order valence-corrected chi connectivity index (χ3v) is 5.29. The van der Waals surface area contributed by atoms with Crippen LogP contribution in [0.3, 0.4) is 0 Å². The van der Waals surface area contributed by atoms with Crippen LogP contribution in [0.25, 0.3) is 27.7 Å². The summed E-state index contributed by atoms with van der Waals surface area (Å²) >= 11 is 0. The molecule has 150 valence electrons. The molecule has 1 aliphatic heterocycles. The Hall–Kier alpha value is -3.19. The molecule has 1 fully saturated rings. The van der Waals surface area contributed by atoms with Gasteiger partial charge in [0.05, 0.1) is 7.11 Å². The molecule has 0 amide bonds. The number of pyridine rings is 1. The van der Waals surface area contributed by atoms with Crippen molar-refractivity contribution in [2.24, 2.45) is 0 Å². The Morgan fingerprint density at radius 3 is 2.90 bits per heavy atom. The van der Waals surface area contributed by atoms with Gasteiger partial charge in [-0.25, -0.2) is 9.37 Å². The van der Waals surface area contributed by atoms with E-state index in [2.05, 4.69) is 20.6 Å². The average molecular weight is 393 g/mol. The van der Waals surface area contributed by atoms with Crippen molar-refractivity contribution in [2.45, 2.75) is 18.9 Å². The van der Waals surface area contributed by atoms with E-state index in [0.717, 1.165) is 48.0 Å². The van der Waals surface area contributed by atoms with Gasteiger partial charge in [0, 0.05) is 58.5 Å². The molecule has 0 unspecified atom stereocenters. The maximum Gasteiger partial charge on any atom is 0.165 e. The highest BCUT2D eigenvalue weighted by Crippen LogP contribution is 2.36. The summed E-state index contributed by atoms with van der Waals surface area (Å²) in [5, 5.41) is 15.5. The number of ether oxygens (including phenoxy) is 1. The number of nitrogens with zero attached hydrogens (tertiary/aromatic N) is 1. The molecule has 7 heteroatoms. The van der Waals surface area contributed by atoms with Crippen LogP contribution in [-0.2, 0) is 0 Å². The van der Waals surface area contributed by atoms with Gasteiger partial charge in [-0.1, -0.05) is 12.1 Å². The fourth-order valence-electron chi connectivity index (χ4n) is 3.72. The van der Waals surface area contributed by atoms with Crippen LogP contribution in [-0.4, -0.2) is 42.4 Å². The van der Waals surface area contributed by atoms with Crippen LogP contribution in [0.15, 0.2) is 42.9 Å². The fraction of sp³-hybridized carbons (Fsp3) is 0.273. The molecule has 0 bridgehead atoms. The van der Waals surface area contributed by atoms with Gasteiger partial charge < -0.3 is 25.8 Å². The second-order valence-electron chi connectivity index (χ2n) is 7.08. The minimum atomic E-state index is -0.408. The van der Waals surface area contributed by atoms with Gasteiger partial charge in [0.15, 0.2) is 11.6 Å². The normalized spacial score (nSPS) is 15.4. The molecule has 0 spiro atoms. The molecule has 0 radical (unpaired) electrons. The zero-order valence-electron chi connectivity index (χ0n) is 16.3. The first-order valence-corrected chi connectivity index (χ1v) is 9.69. The smallest absolute Gasteiger partial charge is 0.165 e. The predicted octanol–water partition coefficient (Wildman–Crippen LogP) is 3.71. The number of para-hydroxylation sites is 1. The van der Waals surface area contributed by atoms with E-state index in [-0.39, 0.29) is 5.75 Å². The van der Waals surface area contributed by atoms with Gasteiger partial charge in [-0.2, -0.15) is 0 Å². The minimum Gasteiger partial charge on any atom is -0.493 e. The largest absolute Gasteiger partial charge is 0.493 e. The molecular formula is C22H24FN5O. The molecule has 1 aliphatic rings. The Bertz CT molecular complexity index is 1050. The number of halogens is 1. The van der Waals surface area contributed by atoms with E-state index in [0.29, 0.717) is 17.3 Å². The number of fused-ring (bicyclic) bond motifs is 1. The molecule has 0 saturated carbocycles. The number of methoxy groups -OCH3 is 1. The first kappa shape index (κ1) is 19.1. The zero-order chi connectivity index (χ0) is 20.2. The number of aromatic amines is 1. The third kappa shape index (κ3) is 3.86. The first-order valence-electron chi connectivity index (χ1n) is 9.69. The Morgan fingerprint density at radius 1 is 1.31 bits per heavy atom. The highest BCUT2D eigenvalue weighted by Gasteiger charge is 2.16. The summed E-state index contributed by atoms with van der Waals surface area (Å²) in [5.41, 5.74) is 3.74. The number of H-pyrrole nitrogens is 1. The molecule has 0 atom stereocenters. The lowest BCUT2D eigenvalue weighted by atomic mass is 10.0. The molecule has 29 heavy (non-hydrogen) atoms. The molecule has 4 rings (SSSR count). The summed E-state index contributed by atoms with van der Waals surface area (Å²) in [6.07, 6.45) is 8.87. The Morgan fingerprint density at radius 2 is 2.14 bits per heavy atom. The molecule has 0 aliphatic carbocycles. The van der Waals surface area contributed by atoms with Crippen molar-refractivity contribution >= 4 is 22.8 Å². The molecule has 2 aromatic heterocycles. The van der Waals surface area contributed by atoms with Gasteiger partial charge in [0.1, 0.15) is 5.65 Å². The molecule has 1 aromatic carbocycles. The fourth-order valence-corrected chi connectivity index (χ4v) is 3.72. The first-order chi connectivity index (χ1) is 14.2. The van der Waals surface area contributed by atoms with Crippen LogP contribution in [0.2, 0.25) is 0 Å². The van der Waals surface area contributed by atoms with Crippen molar-refractivity contribution in [1.82, 2.24) is 20.6 Å². The summed E-state index contributed by atoms with van der Waals surface area (Å²) in [7, 11) is 1.46. The molecular weight excluding hydrogens is 369 g/mol. The van der Waals surface area contributed by atoms with Crippen molar-refractivity contribution < 1.29 is 9.13 Å². The van der Waals surface area contributed by atoms with Gasteiger partial charge in [0.2, 0.25) is 0 Å². The summed E-state index contributed by atoms with van der Waals surface area (Å²) in [5.74, 6) is -0.205. The lowest BCUT2D eigenvalue weighted by Gasteiger charge is -2.23. The second kappa shape index (κ2) is 8.45. The van der Waals surface area contributed by atoms with Crippen LogP contribution < -0.4 is 15.4 Å². The van der Waals surface area contributed by atoms with Crippen molar-refractivity contribution in [2.75, 3.05) is 20.2 Å². The molecule has 1 saturated heterocycles. The highest BCUT2D eigenvalue weighted by atomic mass is 19.1. The maximum absolute atomic E-state index is 14.2. The number of benzene rings is 1. The van der Waals surface area contributed by atoms with Gasteiger partial charge in [-0.3, -0.25) is 0 Å². The third-order valence-electron chi connectivity index (χ3n) is 5.29. The quantitative estimate of drug-likeness (QED) is 0.481. The van der Waals surface area contributed by atoms with Crippen LogP contribution in [0.4, 0.5) is 4.39 Å². The molecule has 6 nitrogen and oxygen atoms in total. The molecule has 3 aromatic rings. The van der Waals surface area contributed by atoms with E-state index in [9.17, 15) is 4.39 Å². The predicted molar refractivity (Wildman–Crippen MR) is 114 cm³/mol. The van der Waals surface area contributed by atoms with Crippen LogP contribution in [0.1, 0.15) is 18.4 Å². The van der Waals surface area contributed by atoms with Gasteiger partial charge >= 0.3 is 0 Å². The van der Waals surface area contributed by atoms with Crippen molar-refractivity contribution in [3.63, 3.8) is 0 Å². The SMILES string of the molecule is COc1c(F)cccc1-c1c[nH]c2ncc(/C(C=N)=C/NC3CCNCC3)cc12. The Kier molecular flexibility index (Phi) is 5.57. The lowest BCUT2D eigenvalue weighted by molar-refractivity contribution is 0.388. The van der Waals surface area contributed by atoms with Gasteiger partial charge in [-0.05, 0) is 38.1 Å². The maximum atomic E-state index is 14.2. The standard InChI is InChI=1S/C22H24FN5O/c1-29-21-17(3-2-4-20(21)23)19-13-28-22-18(19)9-14(11-27-22)15(10-24)12-26-16-5-7-25-8-6-16/h2-4,9-13,16,24-26H,5-8H2,1H3,(H,27,28)/b15-12+,24-10?. The van der Waals surface area contributed by atoms with Crippen molar-refractivity contribution in [3.05, 3.63) is 54.2 Å². The minimum absolute atomic E-state index is 0.203. The van der Waals surface area contributed by atoms with Crippen molar-refractivity contribution in [1.29, 1.82) is 5.41 Å². The summed E-state index contributed by atoms with van der Waals surface area (Å²) in [4.78, 5) is 7.63. The number of piperidine rings is 1. The number of hydrogen-bond donors (Lipinski definition) is 4. The highest BCUT2D eigenvalue weighted by molar-refractivity contribution is 6.09. The summed E-state index contributed by atoms with van der Waals surface area (Å²) in [6, 6.07) is 7.24. The van der Waals surface area contributed by atoms with Crippen LogP contribution >= 0.6 is 0 Å². The lowest BCUT2D eigenvalue weighted by Crippen LogP contribution is -2.37. The van der Waals surface area contributed by atoms with Gasteiger partial charge in [-0.15, -0.1) is 0 Å². The Balaban J connectivity index is 1.71. The van der Waals surface area contributed by atoms with E-state index in [1.54, 1.807) is 18.5 Å². The zero-order valence-corrected chi connectivity index (χ0v) is 16.3. The number of hydrogen-bond acceptors (Lipinski definition) is 5. The molecule has 4 N–H and O–H groups in total. The topological polar surface area (TPSA) is 85.8 Å². The van der Waals surface area contributed by atoms with Crippen molar-refractivity contribution in [3.8, 4) is 16.9 Å². The number of allylic oxidation sites excluding steroid dienone is 1. The van der Waals surface area contributed by atoms with E-state index in [4.69, 9.17) is 10.1 Å². The monoisotopic (exact) mass is 393 g/mol. The molecule has 3 heterocycles. The number of nitrogens with one attached hydrogen (secondary N) is 4. The van der Waals surface area contributed by atoms with Crippen LogP contribution in [0.5, 0.6) is 5.75 Å². The van der Waals surface area contributed by atoms with Gasteiger partial charge in [0.25, 0.3) is 0 Å². The average Bonchev–Trinajstić information content (AvgIpc) is 3.18. The second-order valence-corrected chi connectivity index (χ2v) is 7.08. The van der Waals surface area contributed by atoms with E-state index in [1.165, 1.54) is 19.4 Å². The van der Waals surface area contributed by atoms with Crippen LogP contribution in [0, 0.1) is 11.2 Å². The number of rotatable bonds is 6. The summed E-state index contributed by atoms with van der Waals surface area (Å²) in [6.45, 7) is 2.00. The van der Waals surface area contributed by atoms with E-state index < -0.39 is 5.82 Å². The van der Waals surface area contributed by atoms with E-state index in [1.807, 2.05) is 18.3 Å².